The monoisotopic (exact) mass is 337 g/mol. The Morgan fingerprint density at radius 2 is 1.84 bits per heavy atom. The number of hydrogen-bond donors (Lipinski definition) is 2. The van der Waals surface area contributed by atoms with Gasteiger partial charge in [-0.05, 0) is 55.3 Å². The standard InChI is InChI=1S/C19H19N3O3/c23-18-12-25-17-11-13(3-8-16(17)21-18)19(24)20-14-4-6-15(7-5-14)22-9-1-2-10-22/h3-8,11H,1-2,9-10,12H2,(H,20,24)(H,21,23). The fourth-order valence-electron chi connectivity index (χ4n) is 3.15. The Kier molecular flexibility index (Phi) is 4.01. The summed E-state index contributed by atoms with van der Waals surface area (Å²) in [4.78, 5) is 26.1. The van der Waals surface area contributed by atoms with Gasteiger partial charge >= 0.3 is 0 Å². The normalized spacial score (nSPS) is 16.0. The van der Waals surface area contributed by atoms with E-state index in [0.29, 0.717) is 17.0 Å². The lowest BCUT2D eigenvalue weighted by Gasteiger charge is -2.19. The summed E-state index contributed by atoms with van der Waals surface area (Å²) in [6.07, 6.45) is 2.47. The van der Waals surface area contributed by atoms with Gasteiger partial charge < -0.3 is 20.3 Å². The van der Waals surface area contributed by atoms with Crippen molar-refractivity contribution >= 4 is 28.9 Å². The number of rotatable bonds is 3. The topological polar surface area (TPSA) is 70.7 Å². The van der Waals surface area contributed by atoms with Gasteiger partial charge in [0.2, 0.25) is 0 Å². The maximum Gasteiger partial charge on any atom is 0.262 e. The second-order valence-corrected chi connectivity index (χ2v) is 6.24. The predicted molar refractivity (Wildman–Crippen MR) is 96.4 cm³/mol. The summed E-state index contributed by atoms with van der Waals surface area (Å²) in [6, 6.07) is 12.9. The summed E-state index contributed by atoms with van der Waals surface area (Å²) in [5.41, 5.74) is 3.01. The molecule has 6 nitrogen and oxygen atoms in total. The molecular formula is C19H19N3O3. The van der Waals surface area contributed by atoms with E-state index in [4.69, 9.17) is 4.74 Å². The van der Waals surface area contributed by atoms with Gasteiger partial charge in [-0.2, -0.15) is 0 Å². The van der Waals surface area contributed by atoms with Crippen LogP contribution in [0.5, 0.6) is 5.75 Å². The molecule has 1 saturated heterocycles. The predicted octanol–water partition coefficient (Wildman–Crippen LogP) is 2.87. The average molecular weight is 337 g/mol. The highest BCUT2D eigenvalue weighted by atomic mass is 16.5. The highest BCUT2D eigenvalue weighted by Crippen LogP contribution is 2.29. The molecule has 6 heteroatoms. The minimum absolute atomic E-state index is 0.0317. The second kappa shape index (κ2) is 6.47. The van der Waals surface area contributed by atoms with Crippen LogP contribution < -0.4 is 20.3 Å². The average Bonchev–Trinajstić information content (AvgIpc) is 3.16. The summed E-state index contributed by atoms with van der Waals surface area (Å²) in [5, 5.41) is 5.60. The van der Waals surface area contributed by atoms with Gasteiger partial charge in [0.05, 0.1) is 5.69 Å². The highest BCUT2D eigenvalue weighted by Gasteiger charge is 2.18. The summed E-state index contributed by atoms with van der Waals surface area (Å²) >= 11 is 0. The molecule has 128 valence electrons. The van der Waals surface area contributed by atoms with Crippen molar-refractivity contribution in [3.05, 3.63) is 48.0 Å². The number of nitrogens with zero attached hydrogens (tertiary/aromatic N) is 1. The van der Waals surface area contributed by atoms with Crippen LogP contribution in [0.25, 0.3) is 0 Å². The number of anilines is 3. The van der Waals surface area contributed by atoms with E-state index in [1.54, 1.807) is 18.2 Å². The minimum atomic E-state index is -0.211. The molecule has 0 spiro atoms. The summed E-state index contributed by atoms with van der Waals surface area (Å²) in [7, 11) is 0. The number of carbonyl (C=O) groups is 2. The van der Waals surface area contributed by atoms with Gasteiger partial charge in [-0.1, -0.05) is 0 Å². The lowest BCUT2D eigenvalue weighted by molar-refractivity contribution is -0.118. The van der Waals surface area contributed by atoms with Crippen molar-refractivity contribution in [2.75, 3.05) is 35.2 Å². The molecule has 1 fully saturated rings. The third kappa shape index (κ3) is 3.28. The zero-order valence-corrected chi connectivity index (χ0v) is 13.7. The van der Waals surface area contributed by atoms with Crippen molar-refractivity contribution < 1.29 is 14.3 Å². The highest BCUT2D eigenvalue weighted by molar-refractivity contribution is 6.05. The third-order valence-electron chi connectivity index (χ3n) is 4.47. The van der Waals surface area contributed by atoms with E-state index >= 15 is 0 Å². The maximum atomic E-state index is 12.4. The fourth-order valence-corrected chi connectivity index (χ4v) is 3.15. The first-order chi connectivity index (χ1) is 12.2. The lowest BCUT2D eigenvalue weighted by atomic mass is 10.1. The Labute approximate surface area is 145 Å². The lowest BCUT2D eigenvalue weighted by Crippen LogP contribution is -2.25. The summed E-state index contributed by atoms with van der Waals surface area (Å²) in [6.45, 7) is 2.16. The van der Waals surface area contributed by atoms with Crippen molar-refractivity contribution in [2.24, 2.45) is 0 Å². The van der Waals surface area contributed by atoms with E-state index in [1.165, 1.54) is 18.5 Å². The van der Waals surface area contributed by atoms with Gasteiger partial charge in [-0.25, -0.2) is 0 Å². The molecule has 2 aliphatic heterocycles. The zero-order valence-electron chi connectivity index (χ0n) is 13.7. The van der Waals surface area contributed by atoms with E-state index in [1.807, 2.05) is 24.3 Å². The molecule has 2 aromatic carbocycles. The second-order valence-electron chi connectivity index (χ2n) is 6.24. The third-order valence-corrected chi connectivity index (χ3v) is 4.47. The van der Waals surface area contributed by atoms with Gasteiger partial charge in [0.15, 0.2) is 6.61 Å². The number of nitrogens with one attached hydrogen (secondary N) is 2. The fraction of sp³-hybridized carbons (Fsp3) is 0.263. The van der Waals surface area contributed by atoms with Crippen molar-refractivity contribution in [1.82, 2.24) is 0 Å². The Morgan fingerprint density at radius 3 is 2.60 bits per heavy atom. The molecule has 0 bridgehead atoms. The molecule has 2 aromatic rings. The number of carbonyl (C=O) groups excluding carboxylic acids is 2. The van der Waals surface area contributed by atoms with Crippen molar-refractivity contribution in [3.8, 4) is 5.75 Å². The van der Waals surface area contributed by atoms with Crippen LogP contribution >= 0.6 is 0 Å². The molecule has 2 aliphatic rings. The molecule has 0 aromatic heterocycles. The molecule has 0 atom stereocenters. The minimum Gasteiger partial charge on any atom is -0.482 e. The van der Waals surface area contributed by atoms with Gasteiger partial charge in [-0.15, -0.1) is 0 Å². The Morgan fingerprint density at radius 1 is 1.08 bits per heavy atom. The van der Waals surface area contributed by atoms with Crippen LogP contribution in [0.3, 0.4) is 0 Å². The van der Waals surface area contributed by atoms with Gasteiger partial charge in [-0.3, -0.25) is 9.59 Å². The van der Waals surface area contributed by atoms with Crippen molar-refractivity contribution in [2.45, 2.75) is 12.8 Å². The first-order valence-corrected chi connectivity index (χ1v) is 8.42. The van der Waals surface area contributed by atoms with Crippen LogP contribution in [0.2, 0.25) is 0 Å². The number of amides is 2. The molecule has 0 saturated carbocycles. The van der Waals surface area contributed by atoms with E-state index in [0.717, 1.165) is 18.8 Å². The van der Waals surface area contributed by atoms with Crippen LogP contribution in [0.1, 0.15) is 23.2 Å². The van der Waals surface area contributed by atoms with Gasteiger partial charge in [0.1, 0.15) is 5.75 Å². The number of hydrogen-bond acceptors (Lipinski definition) is 4. The van der Waals surface area contributed by atoms with Crippen LogP contribution in [-0.2, 0) is 4.79 Å². The Balaban J connectivity index is 1.45. The quantitative estimate of drug-likeness (QED) is 0.903. The SMILES string of the molecule is O=C1COc2cc(C(=O)Nc3ccc(N4CCCC4)cc3)ccc2N1. The number of benzene rings is 2. The molecule has 2 heterocycles. The smallest absolute Gasteiger partial charge is 0.262 e. The van der Waals surface area contributed by atoms with E-state index < -0.39 is 0 Å². The number of ether oxygens (including phenoxy) is 1. The first kappa shape index (κ1) is 15.5. The maximum absolute atomic E-state index is 12.4. The Hall–Kier alpha value is -3.02. The van der Waals surface area contributed by atoms with E-state index in [-0.39, 0.29) is 18.4 Å². The molecule has 25 heavy (non-hydrogen) atoms. The first-order valence-electron chi connectivity index (χ1n) is 8.42. The molecular weight excluding hydrogens is 318 g/mol. The summed E-state index contributed by atoms with van der Waals surface area (Å²) in [5.74, 6) is 0.108. The van der Waals surface area contributed by atoms with Crippen LogP contribution in [0.15, 0.2) is 42.5 Å². The van der Waals surface area contributed by atoms with Crippen molar-refractivity contribution in [1.29, 1.82) is 0 Å². The van der Waals surface area contributed by atoms with Crippen LogP contribution in [0.4, 0.5) is 17.1 Å². The Bertz CT molecular complexity index is 811. The number of fused-ring (bicyclic) bond motifs is 1. The summed E-state index contributed by atoms with van der Waals surface area (Å²) < 4.78 is 5.35. The zero-order chi connectivity index (χ0) is 17.2. The molecule has 0 radical (unpaired) electrons. The van der Waals surface area contributed by atoms with Gasteiger partial charge in [0, 0.05) is 30.0 Å². The van der Waals surface area contributed by atoms with Gasteiger partial charge in [0.25, 0.3) is 11.8 Å². The molecule has 0 unspecified atom stereocenters. The molecule has 0 aliphatic carbocycles. The van der Waals surface area contributed by atoms with Crippen LogP contribution in [0, 0.1) is 0 Å². The van der Waals surface area contributed by atoms with E-state index in [2.05, 4.69) is 15.5 Å². The molecule has 2 amide bonds. The largest absolute Gasteiger partial charge is 0.482 e. The molecule has 4 rings (SSSR count). The van der Waals surface area contributed by atoms with Crippen molar-refractivity contribution in [3.63, 3.8) is 0 Å². The van der Waals surface area contributed by atoms with Crippen LogP contribution in [-0.4, -0.2) is 31.5 Å². The van der Waals surface area contributed by atoms with E-state index in [9.17, 15) is 9.59 Å². The molecule has 2 N–H and O–H groups in total.